The molecule has 0 aliphatic carbocycles. The fourth-order valence-electron chi connectivity index (χ4n) is 1.21. The molecule has 1 aromatic rings. The minimum Gasteiger partial charge on any atom is -0.349 e. The van der Waals surface area contributed by atoms with E-state index in [2.05, 4.69) is 10.3 Å². The van der Waals surface area contributed by atoms with Crippen LogP contribution in [0.25, 0.3) is 0 Å². The Kier molecular flexibility index (Phi) is 5.29. The minimum atomic E-state index is -4.39. The third-order valence-electron chi connectivity index (χ3n) is 2.14. The SMILES string of the molecule is O=C(CCC(F)(F)F)NCC(=O)c1cccnc1Cl. The maximum atomic E-state index is 11.9. The summed E-state index contributed by atoms with van der Waals surface area (Å²) >= 11 is 5.66. The second-order valence-corrected chi connectivity index (χ2v) is 4.01. The molecule has 0 aliphatic heterocycles. The zero-order valence-corrected chi connectivity index (χ0v) is 10.4. The summed E-state index contributed by atoms with van der Waals surface area (Å²) in [6, 6.07) is 2.91. The van der Waals surface area contributed by atoms with Crippen molar-refractivity contribution >= 4 is 23.3 Å². The molecule has 0 aliphatic rings. The average Bonchev–Trinajstić information content (AvgIpc) is 2.33. The molecule has 0 fully saturated rings. The van der Waals surface area contributed by atoms with Crippen molar-refractivity contribution in [3.63, 3.8) is 0 Å². The molecule has 0 atom stereocenters. The lowest BCUT2D eigenvalue weighted by molar-refractivity contribution is -0.144. The zero-order chi connectivity index (χ0) is 14.5. The lowest BCUT2D eigenvalue weighted by Gasteiger charge is -2.07. The zero-order valence-electron chi connectivity index (χ0n) is 9.63. The molecular formula is C11H10ClF3N2O2. The van der Waals surface area contributed by atoms with Crippen LogP contribution >= 0.6 is 11.6 Å². The molecule has 0 bridgehead atoms. The van der Waals surface area contributed by atoms with Gasteiger partial charge in [-0.1, -0.05) is 11.6 Å². The van der Waals surface area contributed by atoms with E-state index >= 15 is 0 Å². The molecule has 4 nitrogen and oxygen atoms in total. The highest BCUT2D eigenvalue weighted by Crippen LogP contribution is 2.21. The van der Waals surface area contributed by atoms with Crippen LogP contribution < -0.4 is 5.32 Å². The number of rotatable bonds is 5. The van der Waals surface area contributed by atoms with Gasteiger partial charge in [-0.3, -0.25) is 9.59 Å². The fraction of sp³-hybridized carbons (Fsp3) is 0.364. The second-order valence-electron chi connectivity index (χ2n) is 3.66. The van der Waals surface area contributed by atoms with E-state index in [4.69, 9.17) is 11.6 Å². The first-order valence-corrected chi connectivity index (χ1v) is 5.64. The van der Waals surface area contributed by atoms with Crippen LogP contribution in [0.2, 0.25) is 5.15 Å². The van der Waals surface area contributed by atoms with Crippen molar-refractivity contribution in [3.8, 4) is 0 Å². The Balaban J connectivity index is 2.43. The average molecular weight is 295 g/mol. The Hall–Kier alpha value is -1.63. The molecule has 1 aromatic heterocycles. The van der Waals surface area contributed by atoms with Crippen LogP contribution in [0.4, 0.5) is 13.2 Å². The molecule has 104 valence electrons. The quantitative estimate of drug-likeness (QED) is 0.670. The monoisotopic (exact) mass is 294 g/mol. The summed E-state index contributed by atoms with van der Waals surface area (Å²) in [4.78, 5) is 26.4. The summed E-state index contributed by atoms with van der Waals surface area (Å²) in [6.07, 6.45) is -4.94. The Morgan fingerprint density at radius 3 is 2.63 bits per heavy atom. The highest BCUT2D eigenvalue weighted by atomic mass is 35.5. The van der Waals surface area contributed by atoms with Gasteiger partial charge >= 0.3 is 6.18 Å². The van der Waals surface area contributed by atoms with Crippen LogP contribution in [0.1, 0.15) is 23.2 Å². The number of hydrogen-bond donors (Lipinski definition) is 1. The van der Waals surface area contributed by atoms with E-state index < -0.39 is 37.3 Å². The number of pyridine rings is 1. The summed E-state index contributed by atoms with van der Waals surface area (Å²) in [5.41, 5.74) is 0.111. The number of carbonyl (C=O) groups is 2. The van der Waals surface area contributed by atoms with Gasteiger partial charge in [0.2, 0.25) is 5.91 Å². The maximum Gasteiger partial charge on any atom is 0.389 e. The van der Waals surface area contributed by atoms with Crippen LogP contribution in [0.15, 0.2) is 18.3 Å². The van der Waals surface area contributed by atoms with E-state index in [9.17, 15) is 22.8 Å². The summed E-state index contributed by atoms with van der Waals surface area (Å²) in [5, 5.41) is 2.09. The largest absolute Gasteiger partial charge is 0.389 e. The van der Waals surface area contributed by atoms with Gasteiger partial charge in [0.1, 0.15) is 5.15 Å². The van der Waals surface area contributed by atoms with Crippen molar-refractivity contribution in [1.29, 1.82) is 0 Å². The first kappa shape index (κ1) is 15.4. The van der Waals surface area contributed by atoms with Gasteiger partial charge in [0.15, 0.2) is 5.78 Å². The maximum absolute atomic E-state index is 11.9. The first-order chi connectivity index (χ1) is 8.79. The number of ketones is 1. The third kappa shape index (κ3) is 5.69. The molecule has 0 unspecified atom stereocenters. The lowest BCUT2D eigenvalue weighted by Crippen LogP contribution is -2.30. The molecule has 19 heavy (non-hydrogen) atoms. The van der Waals surface area contributed by atoms with Crippen LogP contribution in [0, 0.1) is 0 Å². The van der Waals surface area contributed by atoms with Gasteiger partial charge in [0, 0.05) is 12.6 Å². The molecule has 1 heterocycles. The van der Waals surface area contributed by atoms with Crippen LogP contribution in [0.3, 0.4) is 0 Å². The summed E-state index contributed by atoms with van der Waals surface area (Å²) < 4.78 is 35.6. The Bertz CT molecular complexity index is 477. The predicted octanol–water partition coefficient (Wildman–Crippen LogP) is 2.38. The van der Waals surface area contributed by atoms with E-state index in [1.807, 2.05) is 0 Å². The van der Waals surface area contributed by atoms with Crippen molar-refractivity contribution in [2.24, 2.45) is 0 Å². The van der Waals surface area contributed by atoms with E-state index in [-0.39, 0.29) is 10.7 Å². The Morgan fingerprint density at radius 1 is 1.37 bits per heavy atom. The van der Waals surface area contributed by atoms with E-state index in [1.54, 1.807) is 0 Å². The topological polar surface area (TPSA) is 59.1 Å². The van der Waals surface area contributed by atoms with Crippen molar-refractivity contribution < 1.29 is 22.8 Å². The van der Waals surface area contributed by atoms with Gasteiger partial charge in [-0.2, -0.15) is 13.2 Å². The number of carbonyl (C=O) groups excluding carboxylic acids is 2. The molecule has 1 rings (SSSR count). The van der Waals surface area contributed by atoms with Crippen LogP contribution in [-0.2, 0) is 4.79 Å². The van der Waals surface area contributed by atoms with Crippen molar-refractivity contribution in [2.75, 3.05) is 6.54 Å². The second kappa shape index (κ2) is 6.51. The van der Waals surface area contributed by atoms with E-state index in [0.717, 1.165) is 0 Å². The lowest BCUT2D eigenvalue weighted by atomic mass is 10.2. The number of aromatic nitrogens is 1. The molecular weight excluding hydrogens is 285 g/mol. The van der Waals surface area contributed by atoms with Gasteiger partial charge < -0.3 is 5.32 Å². The summed E-state index contributed by atoms with van der Waals surface area (Å²) in [5.74, 6) is -1.36. The van der Waals surface area contributed by atoms with Gasteiger partial charge in [0.05, 0.1) is 18.5 Å². The number of amides is 1. The molecule has 0 saturated carbocycles. The molecule has 0 spiro atoms. The molecule has 1 N–H and O–H groups in total. The number of hydrogen-bond acceptors (Lipinski definition) is 3. The molecule has 1 amide bonds. The number of nitrogens with one attached hydrogen (secondary N) is 1. The summed E-state index contributed by atoms with van der Waals surface area (Å²) in [7, 11) is 0. The Labute approximate surface area is 112 Å². The first-order valence-electron chi connectivity index (χ1n) is 5.27. The number of nitrogens with zero attached hydrogens (tertiary/aromatic N) is 1. The minimum absolute atomic E-state index is 0.0166. The highest BCUT2D eigenvalue weighted by Gasteiger charge is 2.27. The molecule has 8 heteroatoms. The molecule has 0 saturated heterocycles. The number of halogens is 4. The molecule has 0 radical (unpaired) electrons. The van der Waals surface area contributed by atoms with Crippen molar-refractivity contribution in [3.05, 3.63) is 29.0 Å². The van der Waals surface area contributed by atoms with E-state index in [1.165, 1.54) is 18.3 Å². The van der Waals surface area contributed by atoms with Gasteiger partial charge in [0.25, 0.3) is 0 Å². The highest BCUT2D eigenvalue weighted by molar-refractivity contribution is 6.32. The predicted molar refractivity (Wildman–Crippen MR) is 61.9 cm³/mol. The van der Waals surface area contributed by atoms with Crippen LogP contribution in [0.5, 0.6) is 0 Å². The molecule has 0 aromatic carbocycles. The normalized spacial score (nSPS) is 11.2. The number of alkyl halides is 3. The smallest absolute Gasteiger partial charge is 0.349 e. The Morgan fingerprint density at radius 2 is 2.05 bits per heavy atom. The van der Waals surface area contributed by atoms with Gasteiger partial charge in [-0.25, -0.2) is 4.98 Å². The summed E-state index contributed by atoms with van der Waals surface area (Å²) in [6.45, 7) is -0.415. The van der Waals surface area contributed by atoms with Crippen molar-refractivity contribution in [2.45, 2.75) is 19.0 Å². The van der Waals surface area contributed by atoms with Crippen molar-refractivity contribution in [1.82, 2.24) is 10.3 Å². The fourth-order valence-corrected chi connectivity index (χ4v) is 1.44. The standard InChI is InChI=1S/C11H10ClF3N2O2/c12-10-7(2-1-5-16-10)8(18)6-17-9(19)3-4-11(13,14)15/h1-2,5H,3-4,6H2,(H,17,19). The van der Waals surface area contributed by atoms with Gasteiger partial charge in [-0.05, 0) is 12.1 Å². The van der Waals surface area contributed by atoms with Gasteiger partial charge in [-0.15, -0.1) is 0 Å². The third-order valence-corrected chi connectivity index (χ3v) is 2.44. The number of Topliss-reactive ketones (excluding diaryl/α,β-unsaturated/α-hetero) is 1. The van der Waals surface area contributed by atoms with E-state index in [0.29, 0.717) is 0 Å². The van der Waals surface area contributed by atoms with Crippen LogP contribution in [-0.4, -0.2) is 29.4 Å².